The zero-order valence-electron chi connectivity index (χ0n) is 14.4. The highest BCUT2D eigenvalue weighted by molar-refractivity contribution is 7.17. The Kier molecular flexibility index (Phi) is 4.28. The zero-order chi connectivity index (χ0) is 18.5. The Balaban J connectivity index is 1.48. The number of hydrogen-bond donors (Lipinski definition) is 1. The van der Waals surface area contributed by atoms with Crippen molar-refractivity contribution in [2.75, 3.05) is 13.1 Å². The van der Waals surface area contributed by atoms with Gasteiger partial charge in [0.25, 0.3) is 5.91 Å². The van der Waals surface area contributed by atoms with Crippen LogP contribution in [0, 0.1) is 18.3 Å². The lowest BCUT2D eigenvalue weighted by atomic mass is 9.90. The van der Waals surface area contributed by atoms with E-state index in [2.05, 4.69) is 4.98 Å². The maximum atomic E-state index is 12.9. The number of halogens is 1. The van der Waals surface area contributed by atoms with Gasteiger partial charge in [0.15, 0.2) is 0 Å². The van der Waals surface area contributed by atoms with Crippen LogP contribution in [-0.4, -0.2) is 40.0 Å². The molecule has 136 valence electrons. The standard InChI is InChI=1S/C19H19ClN2O3S/c1-11-15(26-16(21-11)12-2-4-13(20)5-3-12)17(23)22-8-6-19(7-9-22)10-14(19)18(24)25/h2-5,14H,6-10H2,1H3,(H,24,25). The average Bonchev–Trinajstić information content (AvgIpc) is 3.19. The number of hydrogen-bond acceptors (Lipinski definition) is 4. The molecule has 4 rings (SSSR count). The van der Waals surface area contributed by atoms with Crippen LogP contribution in [-0.2, 0) is 4.79 Å². The summed E-state index contributed by atoms with van der Waals surface area (Å²) in [6, 6.07) is 7.43. The van der Waals surface area contributed by atoms with E-state index < -0.39 is 5.97 Å². The average molecular weight is 391 g/mol. The first-order chi connectivity index (χ1) is 12.4. The molecule has 1 atom stereocenters. The number of amides is 1. The topological polar surface area (TPSA) is 70.5 Å². The quantitative estimate of drug-likeness (QED) is 0.856. The lowest BCUT2D eigenvalue weighted by molar-refractivity contribution is -0.139. The van der Waals surface area contributed by atoms with E-state index in [1.165, 1.54) is 11.3 Å². The molecule has 1 N–H and O–H groups in total. The summed E-state index contributed by atoms with van der Waals surface area (Å²) >= 11 is 7.33. The van der Waals surface area contributed by atoms with Gasteiger partial charge in [-0.3, -0.25) is 9.59 Å². The Morgan fingerprint density at radius 3 is 2.50 bits per heavy atom. The molecule has 1 unspecified atom stereocenters. The van der Waals surface area contributed by atoms with Crippen LogP contribution in [0.2, 0.25) is 5.02 Å². The number of aryl methyl sites for hydroxylation is 1. The minimum Gasteiger partial charge on any atom is -0.481 e. The van der Waals surface area contributed by atoms with Crippen LogP contribution in [0.15, 0.2) is 24.3 Å². The number of piperidine rings is 1. The number of likely N-dealkylation sites (tertiary alicyclic amines) is 1. The molecule has 1 amide bonds. The number of thiazole rings is 1. The Morgan fingerprint density at radius 1 is 1.27 bits per heavy atom. The van der Waals surface area contributed by atoms with Gasteiger partial charge in [-0.1, -0.05) is 23.7 Å². The van der Waals surface area contributed by atoms with Crippen LogP contribution < -0.4 is 0 Å². The van der Waals surface area contributed by atoms with E-state index in [4.69, 9.17) is 11.6 Å². The second-order valence-electron chi connectivity index (χ2n) is 7.19. The fourth-order valence-corrected chi connectivity index (χ4v) is 5.02. The number of nitrogens with zero attached hydrogens (tertiary/aromatic N) is 2. The summed E-state index contributed by atoms with van der Waals surface area (Å²) in [7, 11) is 0. The number of rotatable bonds is 3. The normalized spacial score (nSPS) is 21.0. The third kappa shape index (κ3) is 3.01. The van der Waals surface area contributed by atoms with E-state index >= 15 is 0 Å². The largest absolute Gasteiger partial charge is 0.481 e. The number of benzene rings is 1. The molecule has 1 saturated carbocycles. The van der Waals surface area contributed by atoms with Crippen LogP contribution >= 0.6 is 22.9 Å². The molecule has 26 heavy (non-hydrogen) atoms. The molecule has 2 fully saturated rings. The van der Waals surface area contributed by atoms with Crippen molar-refractivity contribution in [1.82, 2.24) is 9.88 Å². The van der Waals surface area contributed by atoms with E-state index in [9.17, 15) is 14.7 Å². The van der Waals surface area contributed by atoms with Crippen molar-refractivity contribution < 1.29 is 14.7 Å². The molecule has 0 bridgehead atoms. The Hall–Kier alpha value is -1.92. The summed E-state index contributed by atoms with van der Waals surface area (Å²) in [6.07, 6.45) is 2.31. The van der Waals surface area contributed by atoms with Gasteiger partial charge in [0, 0.05) is 23.7 Å². The molecule has 1 aromatic carbocycles. The number of carbonyl (C=O) groups excluding carboxylic acids is 1. The van der Waals surface area contributed by atoms with Crippen molar-refractivity contribution in [3.63, 3.8) is 0 Å². The highest BCUT2D eigenvalue weighted by Gasteiger charge is 2.59. The summed E-state index contributed by atoms with van der Waals surface area (Å²) in [4.78, 5) is 31.2. The Labute approximate surface area is 160 Å². The van der Waals surface area contributed by atoms with Gasteiger partial charge in [0.2, 0.25) is 0 Å². The summed E-state index contributed by atoms with van der Waals surface area (Å²) in [5.41, 5.74) is 1.61. The molecule has 0 radical (unpaired) electrons. The summed E-state index contributed by atoms with van der Waals surface area (Å²) < 4.78 is 0. The van der Waals surface area contributed by atoms with E-state index in [0.29, 0.717) is 23.0 Å². The Morgan fingerprint density at radius 2 is 1.92 bits per heavy atom. The maximum absolute atomic E-state index is 12.9. The highest BCUT2D eigenvalue weighted by Crippen LogP contribution is 2.59. The van der Waals surface area contributed by atoms with E-state index in [0.717, 1.165) is 35.5 Å². The van der Waals surface area contributed by atoms with Gasteiger partial charge < -0.3 is 10.0 Å². The summed E-state index contributed by atoms with van der Waals surface area (Å²) in [5.74, 6) is -0.917. The maximum Gasteiger partial charge on any atom is 0.307 e. The molecule has 2 aliphatic rings. The van der Waals surface area contributed by atoms with Crippen molar-refractivity contribution in [2.24, 2.45) is 11.3 Å². The minimum atomic E-state index is -0.698. The fraction of sp³-hybridized carbons (Fsp3) is 0.421. The summed E-state index contributed by atoms with van der Waals surface area (Å²) in [6.45, 7) is 3.10. The first-order valence-corrected chi connectivity index (χ1v) is 9.84. The van der Waals surface area contributed by atoms with Gasteiger partial charge in [-0.15, -0.1) is 11.3 Å². The van der Waals surface area contributed by atoms with E-state index in [1.54, 1.807) is 0 Å². The van der Waals surface area contributed by atoms with Crippen molar-refractivity contribution in [1.29, 1.82) is 0 Å². The molecule has 1 aliphatic carbocycles. The van der Waals surface area contributed by atoms with Crippen molar-refractivity contribution in [2.45, 2.75) is 26.2 Å². The van der Waals surface area contributed by atoms with Crippen LogP contribution in [0.3, 0.4) is 0 Å². The van der Waals surface area contributed by atoms with Crippen molar-refractivity contribution >= 4 is 34.8 Å². The number of carboxylic acid groups (broad SMARTS) is 1. The van der Waals surface area contributed by atoms with E-state index in [1.807, 2.05) is 36.1 Å². The van der Waals surface area contributed by atoms with Gasteiger partial charge >= 0.3 is 5.97 Å². The predicted molar refractivity (Wildman–Crippen MR) is 101 cm³/mol. The number of aliphatic carboxylic acids is 1. The first-order valence-electron chi connectivity index (χ1n) is 8.65. The third-order valence-electron chi connectivity index (χ3n) is 5.62. The molecule has 1 aliphatic heterocycles. The molecular formula is C19H19ClN2O3S. The lowest BCUT2D eigenvalue weighted by Crippen LogP contribution is -2.39. The molecule has 1 spiro atoms. The predicted octanol–water partition coefficient (Wildman–Crippen LogP) is 4.10. The molecule has 1 aromatic heterocycles. The van der Waals surface area contributed by atoms with Crippen molar-refractivity contribution in [3.8, 4) is 10.6 Å². The van der Waals surface area contributed by atoms with Crippen LogP contribution in [0.1, 0.15) is 34.6 Å². The number of carboxylic acids is 1. The minimum absolute atomic E-state index is 0.00240. The lowest BCUT2D eigenvalue weighted by Gasteiger charge is -2.32. The molecule has 2 aromatic rings. The van der Waals surface area contributed by atoms with Gasteiger partial charge in [0.05, 0.1) is 11.6 Å². The molecule has 1 saturated heterocycles. The third-order valence-corrected chi connectivity index (χ3v) is 7.06. The monoisotopic (exact) mass is 390 g/mol. The Bertz CT molecular complexity index is 869. The molecule has 5 nitrogen and oxygen atoms in total. The molecule has 2 heterocycles. The van der Waals surface area contributed by atoms with Gasteiger partial charge in [-0.25, -0.2) is 4.98 Å². The fourth-order valence-electron chi connectivity index (χ4n) is 3.86. The number of aromatic nitrogens is 1. The summed E-state index contributed by atoms with van der Waals surface area (Å²) in [5, 5.41) is 10.7. The second kappa shape index (κ2) is 6.35. The van der Waals surface area contributed by atoms with Gasteiger partial charge in [-0.05, 0) is 43.7 Å². The van der Waals surface area contributed by atoms with Crippen LogP contribution in [0.5, 0.6) is 0 Å². The molecular weight excluding hydrogens is 372 g/mol. The highest BCUT2D eigenvalue weighted by atomic mass is 35.5. The number of carbonyl (C=O) groups is 2. The van der Waals surface area contributed by atoms with Crippen molar-refractivity contribution in [3.05, 3.63) is 39.9 Å². The van der Waals surface area contributed by atoms with Gasteiger partial charge in [0.1, 0.15) is 9.88 Å². The smallest absolute Gasteiger partial charge is 0.307 e. The van der Waals surface area contributed by atoms with Crippen LogP contribution in [0.25, 0.3) is 10.6 Å². The molecule has 7 heteroatoms. The second-order valence-corrected chi connectivity index (χ2v) is 8.63. The zero-order valence-corrected chi connectivity index (χ0v) is 15.9. The van der Waals surface area contributed by atoms with Gasteiger partial charge in [-0.2, -0.15) is 0 Å². The van der Waals surface area contributed by atoms with Crippen LogP contribution in [0.4, 0.5) is 0 Å². The SMILES string of the molecule is Cc1nc(-c2ccc(Cl)cc2)sc1C(=O)N1CCC2(CC1)CC2C(=O)O. The van der Waals surface area contributed by atoms with E-state index in [-0.39, 0.29) is 17.2 Å². The first kappa shape index (κ1) is 17.5.